The van der Waals surface area contributed by atoms with Crippen LogP contribution in [0.5, 0.6) is 23.0 Å². The van der Waals surface area contributed by atoms with Crippen LogP contribution in [0.4, 0.5) is 28.4 Å². The third kappa shape index (κ3) is 6.16. The van der Waals surface area contributed by atoms with Crippen molar-refractivity contribution in [3.63, 3.8) is 0 Å². The highest BCUT2D eigenvalue weighted by atomic mass is 32.1. The molecule has 7 heteroatoms. The standard InChI is InChI=1S/C67H55BN2O3S/c1-38-32-46-47(67(7,8)31-30-66(46,5)6)35-51(38)69-52-37-58-57(71-55-23-15-16-24-56(55)72-58)36-48(52)68-62-53(69)34-45-42-21-13-17-25-59(42)74-64(45)61(62)60-50(29-27-43-41-20-12-14-22-54(41)73-63(43)60)70(68)49-28-26-40(65(2,3)4)33-44(49)39-18-10-9-11-19-39/h9-29,32-37H,30-31H2,1-8H3. The molecule has 4 aliphatic rings. The summed E-state index contributed by atoms with van der Waals surface area (Å²) < 4.78 is 23.6. The summed E-state index contributed by atoms with van der Waals surface area (Å²) in [7, 11) is 0. The van der Waals surface area contributed by atoms with Crippen molar-refractivity contribution in [2.45, 2.75) is 84.5 Å². The molecule has 74 heavy (non-hydrogen) atoms. The van der Waals surface area contributed by atoms with E-state index in [2.05, 4.69) is 205 Å². The SMILES string of the molecule is Cc1cc2c(cc1N1c3cc4c(cc3B3c5c1cc1c(sc6ccccc61)c5-c1c(ccc5c1oc1ccccc15)N3c1ccc(C(C)(C)C)cc1-c1ccccc1)Oc1ccccc1O4)C(C)(C)CCC2(C)C. The minimum absolute atomic E-state index is 0.0202. The number of anilines is 5. The maximum atomic E-state index is 7.26. The van der Waals surface area contributed by atoms with E-state index in [-0.39, 0.29) is 23.1 Å². The average Bonchev–Trinajstić information content (AvgIpc) is 4.05. The van der Waals surface area contributed by atoms with Crippen molar-refractivity contribution >= 4 is 99.7 Å². The highest BCUT2D eigenvalue weighted by Gasteiger charge is 2.49. The first-order valence-electron chi connectivity index (χ1n) is 26.2. The number of rotatable bonds is 3. The Hall–Kier alpha value is -7.74. The third-order valence-corrected chi connectivity index (χ3v) is 18.2. The summed E-state index contributed by atoms with van der Waals surface area (Å²) in [6.07, 6.45) is 2.26. The summed E-state index contributed by atoms with van der Waals surface area (Å²) in [4.78, 5) is 5.24. The average molecular weight is 979 g/mol. The second kappa shape index (κ2) is 15.2. The van der Waals surface area contributed by atoms with Crippen LogP contribution in [0.3, 0.4) is 0 Å². The topological polar surface area (TPSA) is 38.1 Å². The molecule has 1 aliphatic carbocycles. The Morgan fingerprint density at radius 2 is 1.20 bits per heavy atom. The number of furan rings is 1. The molecule has 0 amide bonds. The van der Waals surface area contributed by atoms with Gasteiger partial charge in [-0.05, 0) is 141 Å². The fraction of sp³-hybridized carbons (Fsp3) is 0.194. The molecule has 0 atom stereocenters. The van der Waals surface area contributed by atoms with Crippen LogP contribution in [0.25, 0.3) is 64.4 Å². The second-order valence-corrected chi connectivity index (χ2v) is 24.6. The minimum Gasteiger partial charge on any atom is -0.455 e. The quantitative estimate of drug-likeness (QED) is 0.165. The van der Waals surface area contributed by atoms with E-state index >= 15 is 0 Å². The molecule has 9 aromatic carbocycles. The first-order chi connectivity index (χ1) is 35.7. The molecule has 0 saturated heterocycles. The van der Waals surface area contributed by atoms with Crippen LogP contribution >= 0.6 is 11.3 Å². The summed E-state index contributed by atoms with van der Waals surface area (Å²) in [5, 5.41) is 4.71. The molecule has 360 valence electrons. The number of ether oxygens (including phenoxy) is 2. The Morgan fingerprint density at radius 1 is 0.541 bits per heavy atom. The van der Waals surface area contributed by atoms with Crippen molar-refractivity contribution in [3.05, 3.63) is 186 Å². The number of para-hydroxylation sites is 3. The van der Waals surface area contributed by atoms with Crippen LogP contribution in [0.1, 0.15) is 83.6 Å². The van der Waals surface area contributed by atoms with Crippen molar-refractivity contribution in [2.75, 3.05) is 9.71 Å². The maximum absolute atomic E-state index is 7.26. The fourth-order valence-corrected chi connectivity index (χ4v) is 14.3. The van der Waals surface area contributed by atoms with E-state index in [1.165, 1.54) is 64.7 Å². The lowest BCUT2D eigenvalue weighted by atomic mass is 9.43. The number of thiophene rings is 1. The van der Waals surface area contributed by atoms with Crippen molar-refractivity contribution in [1.29, 1.82) is 0 Å². The van der Waals surface area contributed by atoms with Gasteiger partial charge in [-0.25, -0.2) is 0 Å². The molecule has 3 aliphatic heterocycles. The molecule has 15 rings (SSSR count). The van der Waals surface area contributed by atoms with Gasteiger partial charge < -0.3 is 23.6 Å². The zero-order valence-corrected chi connectivity index (χ0v) is 43.9. The van der Waals surface area contributed by atoms with Gasteiger partial charge in [-0.15, -0.1) is 11.3 Å². The van der Waals surface area contributed by atoms with Gasteiger partial charge in [0, 0.05) is 82.1 Å². The minimum atomic E-state index is -0.322. The molecule has 0 fully saturated rings. The van der Waals surface area contributed by atoms with Crippen LogP contribution in [-0.4, -0.2) is 6.85 Å². The van der Waals surface area contributed by atoms with Crippen LogP contribution in [0.2, 0.25) is 0 Å². The molecule has 2 aromatic heterocycles. The smallest absolute Gasteiger partial charge is 0.333 e. The lowest BCUT2D eigenvalue weighted by Gasteiger charge is -2.47. The van der Waals surface area contributed by atoms with Gasteiger partial charge >= 0.3 is 6.85 Å². The molecule has 0 unspecified atom stereocenters. The molecule has 0 bridgehead atoms. The number of hydrogen-bond donors (Lipinski definition) is 0. The molecular weight excluding hydrogens is 924 g/mol. The Bertz CT molecular complexity index is 4230. The van der Waals surface area contributed by atoms with E-state index in [1.807, 2.05) is 35.6 Å². The highest BCUT2D eigenvalue weighted by Crippen LogP contribution is 2.58. The second-order valence-electron chi connectivity index (χ2n) is 23.5. The number of aryl methyl sites for hydroxylation is 1. The van der Waals surface area contributed by atoms with Gasteiger partial charge in [-0.3, -0.25) is 0 Å². The molecule has 11 aromatic rings. The predicted molar refractivity (Wildman–Crippen MR) is 311 cm³/mol. The summed E-state index contributed by atoms with van der Waals surface area (Å²) in [6, 6.07) is 60.5. The monoisotopic (exact) mass is 978 g/mol. The summed E-state index contributed by atoms with van der Waals surface area (Å²) >= 11 is 1.89. The highest BCUT2D eigenvalue weighted by molar-refractivity contribution is 7.26. The number of hydrogen-bond acceptors (Lipinski definition) is 6. The summed E-state index contributed by atoms with van der Waals surface area (Å²) in [5.74, 6) is 2.81. The van der Waals surface area contributed by atoms with Crippen molar-refractivity contribution in [2.24, 2.45) is 0 Å². The van der Waals surface area contributed by atoms with Crippen molar-refractivity contribution in [1.82, 2.24) is 0 Å². The van der Waals surface area contributed by atoms with Crippen molar-refractivity contribution in [3.8, 4) is 45.3 Å². The Kier molecular flexibility index (Phi) is 8.99. The van der Waals surface area contributed by atoms with Gasteiger partial charge in [0.25, 0.3) is 0 Å². The Balaban J connectivity index is 1.14. The van der Waals surface area contributed by atoms with E-state index in [0.717, 1.165) is 74.1 Å². The van der Waals surface area contributed by atoms with Gasteiger partial charge in [0.2, 0.25) is 0 Å². The zero-order chi connectivity index (χ0) is 50.2. The summed E-state index contributed by atoms with van der Waals surface area (Å²) in [6.45, 7) is 18.7. The van der Waals surface area contributed by atoms with E-state index < -0.39 is 0 Å². The first kappa shape index (κ1) is 43.8. The molecule has 0 saturated carbocycles. The Labute approximate surface area is 436 Å². The summed E-state index contributed by atoms with van der Waals surface area (Å²) in [5.41, 5.74) is 19.8. The zero-order valence-electron chi connectivity index (χ0n) is 43.1. The van der Waals surface area contributed by atoms with Crippen LogP contribution in [0, 0.1) is 6.92 Å². The largest absolute Gasteiger partial charge is 0.455 e. The third-order valence-electron chi connectivity index (χ3n) is 17.0. The Morgan fingerprint density at radius 3 is 1.96 bits per heavy atom. The molecule has 0 spiro atoms. The van der Waals surface area contributed by atoms with Crippen LogP contribution < -0.4 is 30.1 Å². The van der Waals surface area contributed by atoms with Gasteiger partial charge in [-0.2, -0.15) is 0 Å². The number of nitrogens with zero attached hydrogens (tertiary/aromatic N) is 2. The molecule has 0 N–H and O–H groups in total. The molecule has 5 nitrogen and oxygen atoms in total. The number of benzene rings is 9. The van der Waals surface area contributed by atoms with Gasteiger partial charge in [-0.1, -0.05) is 139 Å². The van der Waals surface area contributed by atoms with Gasteiger partial charge in [0.05, 0.1) is 0 Å². The van der Waals surface area contributed by atoms with E-state index in [9.17, 15) is 0 Å². The van der Waals surface area contributed by atoms with Gasteiger partial charge in [0.1, 0.15) is 11.2 Å². The van der Waals surface area contributed by atoms with E-state index in [0.29, 0.717) is 23.0 Å². The lowest BCUT2D eigenvalue weighted by molar-refractivity contribution is 0.332. The van der Waals surface area contributed by atoms with Crippen molar-refractivity contribution < 1.29 is 13.9 Å². The maximum Gasteiger partial charge on any atom is 0.333 e. The number of fused-ring (bicyclic) bond motifs is 15. The molecule has 0 radical (unpaired) electrons. The lowest BCUT2D eigenvalue weighted by Crippen LogP contribution is -2.61. The molecular formula is C67H55BN2O3S. The fourth-order valence-electron chi connectivity index (χ4n) is 13.0. The predicted octanol–water partition coefficient (Wildman–Crippen LogP) is 18.2. The normalized spacial score (nSPS) is 15.8. The first-order valence-corrected chi connectivity index (χ1v) is 27.0. The van der Waals surface area contributed by atoms with Crippen LogP contribution in [-0.2, 0) is 16.2 Å². The van der Waals surface area contributed by atoms with Gasteiger partial charge in [0.15, 0.2) is 23.0 Å². The van der Waals surface area contributed by atoms with E-state index in [1.54, 1.807) is 0 Å². The molecule has 5 heterocycles. The van der Waals surface area contributed by atoms with E-state index in [4.69, 9.17) is 13.9 Å². The van der Waals surface area contributed by atoms with Crippen LogP contribution in [0.15, 0.2) is 168 Å².